The second-order valence-corrected chi connectivity index (χ2v) is 11.0. The molecule has 0 saturated heterocycles. The van der Waals surface area contributed by atoms with Crippen molar-refractivity contribution in [1.82, 2.24) is 14.5 Å². The van der Waals surface area contributed by atoms with Crippen molar-refractivity contribution in [3.8, 4) is 6.07 Å². The molecule has 0 unspecified atom stereocenters. The van der Waals surface area contributed by atoms with Crippen LogP contribution in [0, 0.1) is 17.2 Å². The fourth-order valence-corrected chi connectivity index (χ4v) is 5.76. The summed E-state index contributed by atoms with van der Waals surface area (Å²) in [4.78, 5) is 11.7. The van der Waals surface area contributed by atoms with E-state index in [1.165, 1.54) is 70.6 Å². The van der Waals surface area contributed by atoms with E-state index in [1.54, 1.807) is 6.92 Å². The molecule has 1 aliphatic rings. The molecule has 1 fully saturated rings. The second-order valence-electron chi connectivity index (χ2n) is 11.0. The van der Waals surface area contributed by atoms with Crippen LogP contribution in [-0.4, -0.2) is 33.2 Å². The molecule has 1 saturated carbocycles. The standard InChI is InChI=1S/C30H49N5O/c1-4-5-6-7-8-9-10-11-12-13-14-21-34(3)29-22-28-27(23-32-29)33-30(24(2)36)35(28)26-17-15-25(16-18-26)19-20-31/h22-26,36H,4-19,21H2,1-3H3/t24-,25-,26-/m1/s1. The molecule has 1 atom stereocenters. The Morgan fingerprint density at radius 1 is 1.03 bits per heavy atom. The minimum atomic E-state index is -0.619. The largest absolute Gasteiger partial charge is 0.385 e. The first-order valence-electron chi connectivity index (χ1n) is 14.7. The monoisotopic (exact) mass is 495 g/mol. The molecule has 36 heavy (non-hydrogen) atoms. The Bertz CT molecular complexity index is 939. The minimum absolute atomic E-state index is 0.321. The van der Waals surface area contributed by atoms with Gasteiger partial charge in [0.05, 0.1) is 17.8 Å². The van der Waals surface area contributed by atoms with Crippen molar-refractivity contribution < 1.29 is 5.11 Å². The lowest BCUT2D eigenvalue weighted by molar-refractivity contribution is 0.175. The third-order valence-corrected chi connectivity index (χ3v) is 8.01. The van der Waals surface area contributed by atoms with E-state index < -0.39 is 6.10 Å². The third-order valence-electron chi connectivity index (χ3n) is 8.01. The van der Waals surface area contributed by atoms with Gasteiger partial charge in [0.15, 0.2) is 0 Å². The van der Waals surface area contributed by atoms with Gasteiger partial charge in [-0.05, 0) is 44.9 Å². The first-order valence-corrected chi connectivity index (χ1v) is 14.7. The Balaban J connectivity index is 1.52. The molecule has 2 heterocycles. The van der Waals surface area contributed by atoms with Gasteiger partial charge in [0.25, 0.3) is 0 Å². The molecule has 0 amide bonds. The number of fused-ring (bicyclic) bond motifs is 1. The maximum Gasteiger partial charge on any atom is 0.138 e. The maximum absolute atomic E-state index is 10.5. The fraction of sp³-hybridized carbons (Fsp3) is 0.767. The molecule has 6 nitrogen and oxygen atoms in total. The van der Waals surface area contributed by atoms with Gasteiger partial charge in [-0.15, -0.1) is 0 Å². The van der Waals surface area contributed by atoms with Gasteiger partial charge in [-0.2, -0.15) is 5.26 Å². The van der Waals surface area contributed by atoms with E-state index in [0.29, 0.717) is 18.4 Å². The number of anilines is 1. The quantitative estimate of drug-likeness (QED) is 0.240. The van der Waals surface area contributed by atoms with Crippen molar-refractivity contribution in [1.29, 1.82) is 5.26 Å². The van der Waals surface area contributed by atoms with Crippen LogP contribution in [0.3, 0.4) is 0 Å². The topological polar surface area (TPSA) is 78.0 Å². The molecule has 1 N–H and O–H groups in total. The molecule has 0 radical (unpaired) electrons. The van der Waals surface area contributed by atoms with Gasteiger partial charge < -0.3 is 14.6 Å². The average molecular weight is 496 g/mol. The van der Waals surface area contributed by atoms with Crippen molar-refractivity contribution in [2.45, 2.75) is 129 Å². The summed E-state index contributed by atoms with van der Waals surface area (Å²) in [6, 6.07) is 4.82. The second kappa shape index (κ2) is 15.2. The molecule has 1 aliphatic carbocycles. The lowest BCUT2D eigenvalue weighted by Crippen LogP contribution is -2.21. The highest BCUT2D eigenvalue weighted by molar-refractivity contribution is 5.78. The van der Waals surface area contributed by atoms with Crippen LogP contribution in [-0.2, 0) is 0 Å². The van der Waals surface area contributed by atoms with Crippen molar-refractivity contribution >= 4 is 16.9 Å². The number of pyridine rings is 1. The molecule has 0 aliphatic heterocycles. The predicted molar refractivity (Wildman–Crippen MR) is 149 cm³/mol. The molecular formula is C30H49N5O. The number of rotatable bonds is 16. The normalized spacial score (nSPS) is 18.9. The maximum atomic E-state index is 10.5. The molecule has 2 aromatic rings. The Morgan fingerprint density at radius 2 is 1.64 bits per heavy atom. The lowest BCUT2D eigenvalue weighted by Gasteiger charge is -2.30. The molecule has 0 bridgehead atoms. The Morgan fingerprint density at radius 3 is 2.22 bits per heavy atom. The highest BCUT2D eigenvalue weighted by atomic mass is 16.3. The highest BCUT2D eigenvalue weighted by Gasteiger charge is 2.27. The summed E-state index contributed by atoms with van der Waals surface area (Å²) in [5, 5.41) is 19.5. The highest BCUT2D eigenvalue weighted by Crippen LogP contribution is 2.38. The van der Waals surface area contributed by atoms with Gasteiger partial charge in [0, 0.05) is 32.1 Å². The summed E-state index contributed by atoms with van der Waals surface area (Å²) >= 11 is 0. The number of hydrogen-bond acceptors (Lipinski definition) is 5. The molecule has 3 rings (SSSR count). The van der Waals surface area contributed by atoms with Crippen LogP contribution in [0.15, 0.2) is 12.3 Å². The summed E-state index contributed by atoms with van der Waals surface area (Å²) < 4.78 is 2.27. The van der Waals surface area contributed by atoms with E-state index in [9.17, 15) is 5.11 Å². The van der Waals surface area contributed by atoms with Crippen LogP contribution in [0.2, 0.25) is 0 Å². The minimum Gasteiger partial charge on any atom is -0.385 e. The van der Waals surface area contributed by atoms with Crippen molar-refractivity contribution in [2.75, 3.05) is 18.5 Å². The number of hydrogen-bond donors (Lipinski definition) is 1. The number of imidazole rings is 1. The number of aliphatic hydroxyl groups is 1. The van der Waals surface area contributed by atoms with Crippen molar-refractivity contribution in [3.63, 3.8) is 0 Å². The van der Waals surface area contributed by atoms with E-state index >= 15 is 0 Å². The van der Waals surface area contributed by atoms with Crippen molar-refractivity contribution in [3.05, 3.63) is 18.1 Å². The van der Waals surface area contributed by atoms with E-state index in [0.717, 1.165) is 54.9 Å². The molecule has 0 spiro atoms. The van der Waals surface area contributed by atoms with E-state index in [1.807, 2.05) is 6.20 Å². The number of nitrogens with zero attached hydrogens (tertiary/aromatic N) is 5. The lowest BCUT2D eigenvalue weighted by atomic mass is 9.84. The van der Waals surface area contributed by atoms with Crippen molar-refractivity contribution in [2.24, 2.45) is 5.92 Å². The molecule has 200 valence electrons. The van der Waals surface area contributed by atoms with Gasteiger partial charge in [-0.1, -0.05) is 71.1 Å². The van der Waals surface area contributed by atoms with Gasteiger partial charge in [-0.3, -0.25) is 0 Å². The Labute approximate surface area is 219 Å². The summed E-state index contributed by atoms with van der Waals surface area (Å²) in [6.07, 6.45) is 21.0. The number of nitriles is 1. The molecule has 6 heteroatoms. The first-order chi connectivity index (χ1) is 17.5. The van der Waals surface area contributed by atoms with Gasteiger partial charge in [0.2, 0.25) is 0 Å². The number of aromatic nitrogens is 3. The smallest absolute Gasteiger partial charge is 0.138 e. The SMILES string of the molecule is CCCCCCCCCCCCCN(C)c1cc2c(cn1)nc([C@@H](C)O)n2[C@H]1CC[C@H](CC#N)CC1. The van der Waals surface area contributed by atoms with E-state index in [4.69, 9.17) is 15.2 Å². The zero-order valence-corrected chi connectivity index (χ0v) is 23.1. The molecular weight excluding hydrogens is 446 g/mol. The van der Waals surface area contributed by atoms with Crippen LogP contribution in [0.1, 0.15) is 135 Å². The summed E-state index contributed by atoms with van der Waals surface area (Å²) in [5.41, 5.74) is 1.93. The summed E-state index contributed by atoms with van der Waals surface area (Å²) in [5.74, 6) is 2.22. The number of unbranched alkanes of at least 4 members (excludes halogenated alkanes) is 10. The van der Waals surface area contributed by atoms with Crippen LogP contribution in [0.4, 0.5) is 5.82 Å². The summed E-state index contributed by atoms with van der Waals surface area (Å²) in [7, 11) is 2.13. The van der Waals surface area contributed by atoms with Gasteiger partial charge in [0.1, 0.15) is 23.3 Å². The van der Waals surface area contributed by atoms with Gasteiger partial charge >= 0.3 is 0 Å². The van der Waals surface area contributed by atoms with E-state index in [-0.39, 0.29) is 0 Å². The molecule has 0 aromatic carbocycles. The van der Waals surface area contributed by atoms with Crippen LogP contribution < -0.4 is 4.90 Å². The van der Waals surface area contributed by atoms with Crippen LogP contribution in [0.5, 0.6) is 0 Å². The predicted octanol–water partition coefficient (Wildman–Crippen LogP) is 7.88. The fourth-order valence-electron chi connectivity index (χ4n) is 5.76. The van der Waals surface area contributed by atoms with Crippen LogP contribution >= 0.6 is 0 Å². The van der Waals surface area contributed by atoms with Gasteiger partial charge in [-0.25, -0.2) is 9.97 Å². The first kappa shape index (κ1) is 28.4. The van der Waals surface area contributed by atoms with E-state index in [2.05, 4.69) is 35.6 Å². The molecule has 2 aromatic heterocycles. The summed E-state index contributed by atoms with van der Waals surface area (Å²) in [6.45, 7) is 5.08. The average Bonchev–Trinajstić information content (AvgIpc) is 3.27. The number of aliphatic hydroxyl groups excluding tert-OH is 1. The van der Waals surface area contributed by atoms with Crippen LogP contribution in [0.25, 0.3) is 11.0 Å². The zero-order valence-electron chi connectivity index (χ0n) is 23.1. The Hall–Kier alpha value is -2.13. The third kappa shape index (κ3) is 8.20. The zero-order chi connectivity index (χ0) is 25.8. The Kier molecular flexibility index (Phi) is 12.0.